The zero-order valence-corrected chi connectivity index (χ0v) is 19.3. The molecule has 2 aliphatic heterocycles. The molecule has 2 heterocycles. The summed E-state index contributed by atoms with van der Waals surface area (Å²) in [7, 11) is 0. The number of para-hydroxylation sites is 3. The van der Waals surface area contributed by atoms with Crippen molar-refractivity contribution < 1.29 is 14.3 Å². The van der Waals surface area contributed by atoms with Crippen molar-refractivity contribution in [1.29, 1.82) is 0 Å². The summed E-state index contributed by atoms with van der Waals surface area (Å²) in [6, 6.07) is 15.7. The summed E-state index contributed by atoms with van der Waals surface area (Å²) in [5.41, 5.74) is 2.21. The lowest BCUT2D eigenvalue weighted by Gasteiger charge is -2.27. The topological polar surface area (TPSA) is 75.2 Å². The van der Waals surface area contributed by atoms with Crippen molar-refractivity contribution in [3.05, 3.63) is 54.1 Å². The van der Waals surface area contributed by atoms with Crippen LogP contribution in [0.4, 0.5) is 5.69 Å². The molecule has 30 heavy (non-hydrogen) atoms. The summed E-state index contributed by atoms with van der Waals surface area (Å²) in [5.74, 6) is 2.10. The molecule has 0 saturated heterocycles. The van der Waals surface area contributed by atoms with Crippen LogP contribution in [0.1, 0.15) is 12.5 Å². The molecular formula is C22H27IN4O3. The molecular weight excluding hydrogens is 495 g/mol. The fraction of sp³-hybridized carbons (Fsp3) is 0.364. The van der Waals surface area contributed by atoms with E-state index in [0.717, 1.165) is 23.6 Å². The second-order valence-corrected chi connectivity index (χ2v) is 7.00. The second-order valence-electron chi connectivity index (χ2n) is 7.00. The summed E-state index contributed by atoms with van der Waals surface area (Å²) >= 11 is 0. The number of anilines is 1. The number of fused-ring (bicyclic) bond motifs is 2. The molecule has 0 saturated carbocycles. The first-order chi connectivity index (χ1) is 14.2. The predicted octanol–water partition coefficient (Wildman–Crippen LogP) is 2.59. The van der Waals surface area contributed by atoms with E-state index in [1.165, 1.54) is 5.56 Å². The van der Waals surface area contributed by atoms with Crippen LogP contribution in [0.5, 0.6) is 11.5 Å². The third-order valence-corrected chi connectivity index (χ3v) is 4.97. The molecule has 2 aromatic carbocycles. The van der Waals surface area contributed by atoms with Gasteiger partial charge in [-0.05, 0) is 37.1 Å². The molecule has 0 radical (unpaired) electrons. The van der Waals surface area contributed by atoms with Gasteiger partial charge in [-0.25, -0.2) is 4.99 Å². The maximum atomic E-state index is 12.7. The summed E-state index contributed by atoms with van der Waals surface area (Å²) in [5, 5.41) is 6.43. The number of hydrogen-bond donors (Lipinski definition) is 2. The summed E-state index contributed by atoms with van der Waals surface area (Å²) in [6.07, 6.45) is 0.764. The minimum atomic E-state index is -0.130. The van der Waals surface area contributed by atoms with Crippen LogP contribution in [0.2, 0.25) is 0 Å². The van der Waals surface area contributed by atoms with Gasteiger partial charge in [0, 0.05) is 18.8 Å². The van der Waals surface area contributed by atoms with Gasteiger partial charge in [-0.15, -0.1) is 24.0 Å². The average molecular weight is 522 g/mol. The molecule has 8 heteroatoms. The molecule has 4 rings (SSSR count). The zero-order valence-electron chi connectivity index (χ0n) is 17.0. The highest BCUT2D eigenvalue weighted by atomic mass is 127. The van der Waals surface area contributed by atoms with Crippen molar-refractivity contribution in [2.75, 3.05) is 37.7 Å². The molecule has 7 nitrogen and oxygen atoms in total. The van der Waals surface area contributed by atoms with E-state index >= 15 is 0 Å². The minimum absolute atomic E-state index is 0. The monoisotopic (exact) mass is 522 g/mol. The van der Waals surface area contributed by atoms with Gasteiger partial charge in [0.15, 0.2) is 17.5 Å². The van der Waals surface area contributed by atoms with E-state index in [1.807, 2.05) is 54.3 Å². The van der Waals surface area contributed by atoms with Crippen molar-refractivity contribution in [3.8, 4) is 11.5 Å². The van der Waals surface area contributed by atoms with Crippen LogP contribution in [-0.2, 0) is 11.2 Å². The molecule has 160 valence electrons. The van der Waals surface area contributed by atoms with Crippen molar-refractivity contribution in [3.63, 3.8) is 0 Å². The lowest BCUT2D eigenvalue weighted by molar-refractivity contribution is -0.117. The van der Waals surface area contributed by atoms with Crippen LogP contribution >= 0.6 is 24.0 Å². The Bertz CT molecular complexity index is 905. The van der Waals surface area contributed by atoms with Crippen molar-refractivity contribution >= 4 is 41.5 Å². The van der Waals surface area contributed by atoms with Gasteiger partial charge >= 0.3 is 0 Å². The quantitative estimate of drug-likeness (QED) is 0.359. The molecule has 1 unspecified atom stereocenters. The van der Waals surface area contributed by atoms with E-state index in [9.17, 15) is 4.79 Å². The van der Waals surface area contributed by atoms with Gasteiger partial charge in [0.1, 0.15) is 19.3 Å². The van der Waals surface area contributed by atoms with Gasteiger partial charge in [0.25, 0.3) is 0 Å². The number of carbonyl (C=O) groups excluding carboxylic acids is 1. The molecule has 0 aliphatic carbocycles. The lowest BCUT2D eigenvalue weighted by Crippen LogP contribution is -2.45. The number of ether oxygens (including phenoxy) is 2. The van der Waals surface area contributed by atoms with Gasteiger partial charge in [0.05, 0.1) is 6.54 Å². The normalized spacial score (nSPS) is 17.0. The largest absolute Gasteiger partial charge is 0.486 e. The SMILES string of the molecule is CCNC(=NCC(=O)N1CCc2ccccc21)NCC1COc2ccccc2O1.I. The number of nitrogens with zero attached hydrogens (tertiary/aromatic N) is 2. The van der Waals surface area contributed by atoms with Crippen molar-refractivity contribution in [2.24, 2.45) is 4.99 Å². The highest BCUT2D eigenvalue weighted by Gasteiger charge is 2.24. The van der Waals surface area contributed by atoms with E-state index in [-0.39, 0.29) is 42.5 Å². The maximum absolute atomic E-state index is 12.7. The highest BCUT2D eigenvalue weighted by Crippen LogP contribution is 2.30. The van der Waals surface area contributed by atoms with E-state index in [2.05, 4.69) is 21.7 Å². The van der Waals surface area contributed by atoms with E-state index in [1.54, 1.807) is 0 Å². The predicted molar refractivity (Wildman–Crippen MR) is 128 cm³/mol. The molecule has 0 spiro atoms. The van der Waals surface area contributed by atoms with E-state index in [4.69, 9.17) is 9.47 Å². The number of hydrogen-bond acceptors (Lipinski definition) is 4. The first-order valence-electron chi connectivity index (χ1n) is 10.0. The highest BCUT2D eigenvalue weighted by molar-refractivity contribution is 14.0. The molecule has 0 bridgehead atoms. The van der Waals surface area contributed by atoms with Gasteiger partial charge in [-0.3, -0.25) is 4.79 Å². The molecule has 2 N–H and O–H groups in total. The first-order valence-corrected chi connectivity index (χ1v) is 10.0. The molecule has 0 fully saturated rings. The third kappa shape index (κ3) is 5.16. The number of rotatable bonds is 5. The Labute approximate surface area is 193 Å². The van der Waals surface area contributed by atoms with Crippen molar-refractivity contribution in [2.45, 2.75) is 19.4 Å². The van der Waals surface area contributed by atoms with Crippen LogP contribution in [0.3, 0.4) is 0 Å². The van der Waals surface area contributed by atoms with Crippen LogP contribution in [0.15, 0.2) is 53.5 Å². The fourth-order valence-corrected chi connectivity index (χ4v) is 3.55. The number of guanidine groups is 1. The standard InChI is InChI=1S/C22H26N4O3.HI/c1-2-23-22(24-13-17-15-28-19-9-5-6-10-20(19)29-17)25-14-21(27)26-12-11-16-7-3-4-8-18(16)26;/h3-10,17H,2,11-15H2,1H3,(H2,23,24,25);1H. The van der Waals surface area contributed by atoms with Crippen LogP contribution in [0.25, 0.3) is 0 Å². The van der Waals surface area contributed by atoms with Crippen LogP contribution < -0.4 is 25.0 Å². The molecule has 2 aromatic rings. The number of aliphatic imine (C=N–C) groups is 1. The Kier molecular flexibility index (Phi) is 7.78. The number of halogens is 1. The Morgan fingerprint density at radius 3 is 2.73 bits per heavy atom. The minimum Gasteiger partial charge on any atom is -0.486 e. The van der Waals surface area contributed by atoms with Gasteiger partial charge < -0.3 is 25.0 Å². The molecule has 0 aromatic heterocycles. The van der Waals surface area contributed by atoms with E-state index in [0.29, 0.717) is 32.2 Å². The average Bonchev–Trinajstić information content (AvgIpc) is 3.19. The van der Waals surface area contributed by atoms with Crippen LogP contribution in [0, 0.1) is 0 Å². The van der Waals surface area contributed by atoms with E-state index < -0.39 is 0 Å². The number of carbonyl (C=O) groups is 1. The van der Waals surface area contributed by atoms with Crippen molar-refractivity contribution in [1.82, 2.24) is 10.6 Å². The molecule has 1 amide bonds. The lowest BCUT2D eigenvalue weighted by atomic mass is 10.2. The third-order valence-electron chi connectivity index (χ3n) is 4.97. The summed E-state index contributed by atoms with van der Waals surface area (Å²) < 4.78 is 11.7. The smallest absolute Gasteiger partial charge is 0.248 e. The summed E-state index contributed by atoms with van der Waals surface area (Å²) in [6.45, 7) is 4.50. The van der Waals surface area contributed by atoms with Crippen LogP contribution in [-0.4, -0.2) is 50.8 Å². The van der Waals surface area contributed by atoms with Gasteiger partial charge in [-0.1, -0.05) is 30.3 Å². The van der Waals surface area contributed by atoms with Gasteiger partial charge in [0.2, 0.25) is 5.91 Å². The molecule has 2 aliphatic rings. The first kappa shape index (κ1) is 22.2. The summed E-state index contributed by atoms with van der Waals surface area (Å²) in [4.78, 5) is 19.0. The number of nitrogens with one attached hydrogen (secondary N) is 2. The Morgan fingerprint density at radius 2 is 1.90 bits per heavy atom. The Morgan fingerprint density at radius 1 is 1.13 bits per heavy atom. The second kappa shape index (κ2) is 10.5. The maximum Gasteiger partial charge on any atom is 0.248 e. The fourth-order valence-electron chi connectivity index (χ4n) is 3.55. The number of amides is 1. The molecule has 1 atom stereocenters. The Hall–Kier alpha value is -2.49. The zero-order chi connectivity index (χ0) is 20.1. The Balaban J connectivity index is 0.00000256. The number of benzene rings is 2. The van der Waals surface area contributed by atoms with Gasteiger partial charge in [-0.2, -0.15) is 0 Å².